The van der Waals surface area contributed by atoms with Crippen LogP contribution < -0.4 is 16.0 Å². The van der Waals surface area contributed by atoms with Gasteiger partial charge in [0, 0.05) is 25.7 Å². The Labute approximate surface area is 294 Å². The van der Waals surface area contributed by atoms with Gasteiger partial charge in [-0.3, -0.25) is 34.2 Å². The van der Waals surface area contributed by atoms with Crippen LogP contribution in [0.5, 0.6) is 5.75 Å². The van der Waals surface area contributed by atoms with E-state index in [-0.39, 0.29) is 35.1 Å². The van der Waals surface area contributed by atoms with Gasteiger partial charge in [0.25, 0.3) is 0 Å². The van der Waals surface area contributed by atoms with Crippen LogP contribution in [0.4, 0.5) is 16.2 Å². The Morgan fingerprint density at radius 1 is 1.00 bits per heavy atom. The van der Waals surface area contributed by atoms with Gasteiger partial charge in [0.2, 0.25) is 12.7 Å². The molecule has 0 aliphatic heterocycles. The third-order valence-electron chi connectivity index (χ3n) is 10.1. The minimum absolute atomic E-state index is 0.0321. The van der Waals surface area contributed by atoms with E-state index in [0.717, 1.165) is 5.56 Å². The number of anilines is 2. The number of rotatable bonds is 7. The molecule has 15 heteroatoms. The van der Waals surface area contributed by atoms with Gasteiger partial charge in [-0.25, -0.2) is 9.59 Å². The Hall–Kier alpha value is -5.15. The summed E-state index contributed by atoms with van der Waals surface area (Å²) in [5, 5.41) is 25.5. The van der Waals surface area contributed by atoms with Gasteiger partial charge in [-0.15, -0.1) is 0 Å². The van der Waals surface area contributed by atoms with Crippen molar-refractivity contribution in [1.82, 2.24) is 4.90 Å². The molecule has 5 rings (SSSR count). The molecule has 0 bridgehead atoms. The van der Waals surface area contributed by atoms with Crippen molar-refractivity contribution in [3.63, 3.8) is 0 Å². The van der Waals surface area contributed by atoms with Crippen molar-refractivity contribution < 1.29 is 53.2 Å². The van der Waals surface area contributed by atoms with Crippen molar-refractivity contribution >= 4 is 52.5 Å². The van der Waals surface area contributed by atoms with Crippen LogP contribution in [-0.4, -0.2) is 103 Å². The Kier molecular flexibility index (Phi) is 9.60. The molecule has 15 nitrogen and oxygen atoms in total. The second-order valence-electron chi connectivity index (χ2n) is 14.8. The summed E-state index contributed by atoms with van der Waals surface area (Å²) in [6.07, 6.45) is -1.21. The quantitative estimate of drug-likeness (QED) is 0.139. The van der Waals surface area contributed by atoms with Gasteiger partial charge < -0.3 is 30.3 Å². The first-order chi connectivity index (χ1) is 23.7. The van der Waals surface area contributed by atoms with Gasteiger partial charge in [0.05, 0.1) is 28.8 Å². The molecular formula is C36H42N4O11. The molecule has 2 fully saturated rings. The van der Waals surface area contributed by atoms with Gasteiger partial charge in [-0.1, -0.05) is 32.9 Å². The number of primary amides is 1. The maximum Gasteiger partial charge on any atom is 0.414 e. The molecule has 2 amide bonds. The number of esters is 1. The first kappa shape index (κ1) is 37.1. The van der Waals surface area contributed by atoms with Gasteiger partial charge in [0.1, 0.15) is 5.75 Å². The van der Waals surface area contributed by atoms with Crippen LogP contribution in [-0.2, 0) is 40.5 Å². The maximum absolute atomic E-state index is 14.2. The van der Waals surface area contributed by atoms with Crippen LogP contribution >= 0.6 is 0 Å². The number of Topliss-reactive ketones (excluding diaryl/α,β-unsaturated/α-hetero) is 4. The van der Waals surface area contributed by atoms with Crippen LogP contribution in [0.1, 0.15) is 59.0 Å². The third-order valence-corrected chi connectivity index (χ3v) is 10.1. The predicted octanol–water partition coefficient (Wildman–Crippen LogP) is 1.59. The summed E-state index contributed by atoms with van der Waals surface area (Å²) in [7, 11) is 6.33. The molecule has 0 heterocycles. The van der Waals surface area contributed by atoms with Crippen LogP contribution in [0.15, 0.2) is 30.3 Å². The lowest BCUT2D eigenvalue weighted by Crippen LogP contribution is -2.74. The van der Waals surface area contributed by atoms with Gasteiger partial charge in [0.15, 0.2) is 34.7 Å². The molecule has 272 valence electrons. The van der Waals surface area contributed by atoms with E-state index in [0.29, 0.717) is 11.3 Å². The van der Waals surface area contributed by atoms with Gasteiger partial charge >= 0.3 is 12.1 Å². The number of benzene rings is 2. The Bertz CT molecular complexity index is 1850. The van der Waals surface area contributed by atoms with Crippen LogP contribution in [0, 0.1) is 23.7 Å². The number of ether oxygens (including phenoxy) is 2. The molecular weight excluding hydrogens is 664 g/mol. The van der Waals surface area contributed by atoms with Gasteiger partial charge in [-0.2, -0.15) is 0 Å². The Balaban J connectivity index is 1.40. The fourth-order valence-corrected chi connectivity index (χ4v) is 7.62. The molecule has 0 spiro atoms. The highest BCUT2D eigenvalue weighted by Gasteiger charge is 2.69. The number of carbonyl (C=O) groups is 7. The topological polar surface area (TPSA) is 223 Å². The molecule has 5 N–H and O–H groups in total. The first-order valence-corrected chi connectivity index (χ1v) is 16.3. The average molecular weight is 707 g/mol. The highest BCUT2D eigenvalue weighted by Crippen LogP contribution is 2.52. The number of amides is 2. The molecule has 0 aromatic heterocycles. The number of aliphatic hydroxyl groups is 1. The third kappa shape index (κ3) is 6.24. The zero-order valence-electron chi connectivity index (χ0n) is 29.4. The van der Waals surface area contributed by atoms with Crippen molar-refractivity contribution in [2.24, 2.45) is 29.4 Å². The fourth-order valence-electron chi connectivity index (χ4n) is 7.62. The van der Waals surface area contributed by atoms with E-state index in [1.54, 1.807) is 43.3 Å². The number of fused-ring (bicyclic) bond motifs is 3. The number of ketones is 4. The number of nitrogens with two attached hydrogens (primary N) is 1. The molecule has 6 atom stereocenters. The van der Waals surface area contributed by atoms with Crippen molar-refractivity contribution in [2.45, 2.75) is 50.7 Å². The molecule has 3 aliphatic carbocycles. The molecule has 2 aromatic rings. The Morgan fingerprint density at radius 2 is 1.63 bits per heavy atom. The number of nitrogens with zero attached hydrogens (tertiary/aromatic N) is 2. The lowest BCUT2D eigenvalue weighted by Gasteiger charge is -2.52. The molecule has 2 unspecified atom stereocenters. The second kappa shape index (κ2) is 13.2. The minimum Gasteiger partial charge on any atom is -0.505 e. The van der Waals surface area contributed by atoms with E-state index in [2.05, 4.69) is 5.32 Å². The fraction of sp³-hybridized carbons (Fsp3) is 0.472. The number of hydrogen-bond acceptors (Lipinski definition) is 13. The zero-order chi connectivity index (χ0) is 37.9. The number of hydrogen-bond donors (Lipinski definition) is 4. The summed E-state index contributed by atoms with van der Waals surface area (Å²) >= 11 is 0. The molecule has 2 saturated carbocycles. The molecule has 3 aliphatic rings. The number of nitrogens with one attached hydrogen (secondary N) is 1. The van der Waals surface area contributed by atoms with E-state index in [9.17, 15) is 43.8 Å². The average Bonchev–Trinajstić information content (AvgIpc) is 3.03. The highest BCUT2D eigenvalue weighted by atomic mass is 16.7. The van der Waals surface area contributed by atoms with E-state index in [4.69, 9.17) is 15.2 Å². The molecule has 0 saturated heterocycles. The van der Waals surface area contributed by atoms with Crippen LogP contribution in [0.2, 0.25) is 0 Å². The lowest BCUT2D eigenvalue weighted by atomic mass is 9.52. The largest absolute Gasteiger partial charge is 0.505 e. The number of likely N-dealkylation sites (N-methyl/N-ethyl adjacent to an activating group) is 1. The number of aromatic hydroxyl groups is 1. The number of phenols is 1. The maximum atomic E-state index is 14.2. The summed E-state index contributed by atoms with van der Waals surface area (Å²) in [4.78, 5) is 95.6. The molecule has 2 aromatic carbocycles. The predicted molar refractivity (Wildman–Crippen MR) is 181 cm³/mol. The van der Waals surface area contributed by atoms with Gasteiger partial charge in [-0.05, 0) is 67.6 Å². The van der Waals surface area contributed by atoms with E-state index >= 15 is 0 Å². The van der Waals surface area contributed by atoms with Crippen molar-refractivity contribution in [2.75, 3.05) is 45.2 Å². The van der Waals surface area contributed by atoms with Crippen LogP contribution in [0.25, 0.3) is 0 Å². The monoisotopic (exact) mass is 706 g/mol. The second-order valence-corrected chi connectivity index (χ2v) is 14.8. The number of carbonyl (C=O) groups excluding carboxylic acids is 7. The molecule has 0 radical (unpaired) electrons. The standard InChI is InChI=1S/C36H42N4O11/c1-35(2,3)18-10-8-16(9-11-18)33(47)50-15-51-34(48)38-21-14-22(39(4)5)19-12-17-13-20-26(40(6)7)29(43)25(32(37)46)31(45)36(20,49)30(44)23(17)28(42)24(19)27(21)41/h8-11,14,17,20,23,25-26,41,49H,12-13,15H2,1-7H3,(H2,37,46)(H,38,48)/t17-,20-,23?,25?,26-,36-/m0/s1. The van der Waals surface area contributed by atoms with Crippen molar-refractivity contribution in [3.05, 3.63) is 52.6 Å². The first-order valence-electron chi connectivity index (χ1n) is 16.3. The number of phenolic OH excluding ortho intramolecular Hbond substituents is 1. The van der Waals surface area contributed by atoms with Crippen molar-refractivity contribution in [1.29, 1.82) is 0 Å². The SMILES string of the molecule is CN(C)c1cc(NC(=O)OCOC(=O)c2ccc(C(C)(C)C)cc2)c(O)c2c1C[C@H]1C[C@H]3[C@H](N(C)C)C(=O)C(C(N)=O)C(=O)[C@@]3(O)C(=O)C1C2=O. The lowest BCUT2D eigenvalue weighted by molar-refractivity contribution is -0.181. The summed E-state index contributed by atoms with van der Waals surface area (Å²) in [5.41, 5.74) is 3.79. The summed E-state index contributed by atoms with van der Waals surface area (Å²) in [6, 6.07) is 6.95. The summed E-state index contributed by atoms with van der Waals surface area (Å²) in [6.45, 7) is 5.31. The van der Waals surface area contributed by atoms with E-state index in [1.807, 2.05) is 20.8 Å². The smallest absolute Gasteiger partial charge is 0.414 e. The zero-order valence-corrected chi connectivity index (χ0v) is 29.4. The normalized spacial score (nSPS) is 25.8. The van der Waals surface area contributed by atoms with E-state index < -0.39 is 89.0 Å². The Morgan fingerprint density at radius 3 is 2.18 bits per heavy atom. The molecule has 51 heavy (non-hydrogen) atoms. The summed E-state index contributed by atoms with van der Waals surface area (Å²) < 4.78 is 10.1. The summed E-state index contributed by atoms with van der Waals surface area (Å²) in [5.74, 6) is -12.8. The van der Waals surface area contributed by atoms with E-state index in [1.165, 1.54) is 25.1 Å². The van der Waals surface area contributed by atoms with Crippen molar-refractivity contribution in [3.8, 4) is 5.75 Å². The van der Waals surface area contributed by atoms with Crippen LogP contribution in [0.3, 0.4) is 0 Å². The highest BCUT2D eigenvalue weighted by molar-refractivity contribution is 6.32. The minimum atomic E-state index is -2.87.